The van der Waals surface area contributed by atoms with E-state index < -0.39 is 12.3 Å². The highest BCUT2D eigenvalue weighted by Crippen LogP contribution is 2.45. The van der Waals surface area contributed by atoms with Crippen LogP contribution in [0.25, 0.3) is 22.3 Å². The average molecular weight is 555 g/mol. The maximum absolute atomic E-state index is 11.8. The van der Waals surface area contributed by atoms with Crippen LogP contribution in [-0.2, 0) is 20.9 Å². The predicted molar refractivity (Wildman–Crippen MR) is 146 cm³/mol. The summed E-state index contributed by atoms with van der Waals surface area (Å²) in [4.78, 5) is 31.3. The number of halogens is 1. The van der Waals surface area contributed by atoms with Crippen LogP contribution in [0.5, 0.6) is 0 Å². The van der Waals surface area contributed by atoms with E-state index in [4.69, 9.17) is 35.9 Å². The first-order valence-electron chi connectivity index (χ1n) is 13.9. The molecule has 1 amide bonds. The third-order valence-corrected chi connectivity index (χ3v) is 8.25. The van der Waals surface area contributed by atoms with Gasteiger partial charge in [0, 0.05) is 31.6 Å². The lowest BCUT2D eigenvalue weighted by atomic mass is 9.83. The molecule has 0 aromatic carbocycles. The van der Waals surface area contributed by atoms with Crippen LogP contribution in [0.4, 0.5) is 4.79 Å². The van der Waals surface area contributed by atoms with Gasteiger partial charge in [0.1, 0.15) is 11.9 Å². The van der Waals surface area contributed by atoms with Gasteiger partial charge in [0.2, 0.25) is 0 Å². The van der Waals surface area contributed by atoms with Gasteiger partial charge in [-0.25, -0.2) is 14.8 Å². The molecule has 3 aromatic rings. The number of carbonyl (C=O) groups is 1. The summed E-state index contributed by atoms with van der Waals surface area (Å²) in [6, 6.07) is 3.79. The van der Waals surface area contributed by atoms with E-state index in [0.717, 1.165) is 53.4 Å². The van der Waals surface area contributed by atoms with Gasteiger partial charge < -0.3 is 18.9 Å². The van der Waals surface area contributed by atoms with Crippen molar-refractivity contribution in [2.24, 2.45) is 17.8 Å². The Kier molecular flexibility index (Phi) is 7.70. The summed E-state index contributed by atoms with van der Waals surface area (Å²) in [7, 11) is 1.69. The number of hydroxylamine groups is 1. The fourth-order valence-electron chi connectivity index (χ4n) is 5.76. The molecule has 6 rings (SSSR count). The molecule has 2 unspecified atom stereocenters. The number of nitrogens with one attached hydrogen (secondary N) is 2. The van der Waals surface area contributed by atoms with Crippen molar-refractivity contribution in [2.45, 2.75) is 64.3 Å². The lowest BCUT2D eigenvalue weighted by molar-refractivity contribution is -0.00141. The van der Waals surface area contributed by atoms with Crippen LogP contribution in [0.2, 0.25) is 5.02 Å². The number of imidazole rings is 1. The minimum Gasteiger partial charge on any atom is -0.382 e. The number of hydrogen-bond donors (Lipinski definition) is 2. The second-order valence-corrected chi connectivity index (χ2v) is 11.5. The number of ether oxygens (including phenoxy) is 2. The monoisotopic (exact) mass is 554 g/mol. The number of aromatic nitrogens is 4. The van der Waals surface area contributed by atoms with E-state index in [2.05, 4.69) is 27.3 Å². The zero-order chi connectivity index (χ0) is 26.9. The fraction of sp³-hybridized carbons (Fsp3) is 0.571. The summed E-state index contributed by atoms with van der Waals surface area (Å²) in [5, 5.41) is 3.27. The SMILES string of the molecule is COCCOC(c1nc2cc(C3NOC(=O)N3)nc(-c3cncc(Cl)c3)c2n1CC1CCC(C)CC1)C1CC1. The molecule has 2 atom stereocenters. The lowest BCUT2D eigenvalue weighted by Gasteiger charge is -2.28. The Balaban J connectivity index is 1.51. The van der Waals surface area contributed by atoms with Crippen LogP contribution in [0.3, 0.4) is 0 Å². The van der Waals surface area contributed by atoms with Crippen LogP contribution >= 0.6 is 11.6 Å². The summed E-state index contributed by atoms with van der Waals surface area (Å²) in [5.41, 5.74) is 6.53. The molecule has 2 aliphatic carbocycles. The minimum atomic E-state index is -0.599. The van der Waals surface area contributed by atoms with Gasteiger partial charge in [-0.2, -0.15) is 0 Å². The van der Waals surface area contributed by atoms with Crippen molar-refractivity contribution >= 4 is 28.7 Å². The molecule has 3 fully saturated rings. The summed E-state index contributed by atoms with van der Waals surface area (Å²) < 4.78 is 14.1. The van der Waals surface area contributed by atoms with E-state index >= 15 is 0 Å². The van der Waals surface area contributed by atoms with Gasteiger partial charge in [-0.15, -0.1) is 5.48 Å². The number of rotatable bonds is 10. The van der Waals surface area contributed by atoms with Crippen molar-refractivity contribution in [3.05, 3.63) is 41.1 Å². The van der Waals surface area contributed by atoms with Crippen molar-refractivity contribution in [1.29, 1.82) is 0 Å². The number of pyridine rings is 2. The van der Waals surface area contributed by atoms with E-state index in [1.165, 1.54) is 25.7 Å². The van der Waals surface area contributed by atoms with E-state index in [9.17, 15) is 4.79 Å². The molecule has 2 N–H and O–H groups in total. The highest BCUT2D eigenvalue weighted by Gasteiger charge is 2.38. The molecule has 1 saturated heterocycles. The first kappa shape index (κ1) is 26.4. The highest BCUT2D eigenvalue weighted by atomic mass is 35.5. The third kappa shape index (κ3) is 5.75. The molecule has 0 radical (unpaired) electrons. The maximum Gasteiger partial charge on any atom is 0.427 e. The Morgan fingerprint density at radius 3 is 2.64 bits per heavy atom. The largest absolute Gasteiger partial charge is 0.427 e. The zero-order valence-corrected chi connectivity index (χ0v) is 23.1. The molecule has 1 aliphatic heterocycles. The average Bonchev–Trinajstić information content (AvgIpc) is 3.58. The Labute approximate surface area is 232 Å². The molecule has 4 heterocycles. The van der Waals surface area contributed by atoms with Gasteiger partial charge in [-0.3, -0.25) is 10.3 Å². The summed E-state index contributed by atoms with van der Waals surface area (Å²) in [5.74, 6) is 2.67. The van der Waals surface area contributed by atoms with E-state index in [1.807, 2.05) is 12.1 Å². The van der Waals surface area contributed by atoms with E-state index in [1.54, 1.807) is 19.5 Å². The molecule has 3 aromatic heterocycles. The van der Waals surface area contributed by atoms with E-state index in [-0.39, 0.29) is 6.10 Å². The van der Waals surface area contributed by atoms with Crippen molar-refractivity contribution in [3.8, 4) is 11.3 Å². The number of carbonyl (C=O) groups excluding carboxylic acids is 1. The van der Waals surface area contributed by atoms with Crippen LogP contribution in [0.1, 0.15) is 69.2 Å². The van der Waals surface area contributed by atoms with Crippen molar-refractivity contribution in [2.75, 3.05) is 20.3 Å². The van der Waals surface area contributed by atoms with E-state index in [0.29, 0.717) is 35.8 Å². The minimum absolute atomic E-state index is 0.128. The first-order valence-corrected chi connectivity index (χ1v) is 14.2. The third-order valence-electron chi connectivity index (χ3n) is 8.05. The molecule has 39 heavy (non-hydrogen) atoms. The van der Waals surface area contributed by atoms with Gasteiger partial charge in [-0.1, -0.05) is 31.4 Å². The highest BCUT2D eigenvalue weighted by molar-refractivity contribution is 6.30. The van der Waals surface area contributed by atoms with Crippen LogP contribution in [0, 0.1) is 17.8 Å². The summed E-state index contributed by atoms with van der Waals surface area (Å²) in [6.45, 7) is 4.23. The van der Waals surface area contributed by atoms with Gasteiger partial charge in [-0.05, 0) is 55.6 Å². The molecule has 10 nitrogen and oxygen atoms in total. The van der Waals surface area contributed by atoms with Crippen LogP contribution in [0.15, 0.2) is 24.5 Å². The molecule has 208 valence electrons. The second-order valence-electron chi connectivity index (χ2n) is 11.1. The molecule has 2 saturated carbocycles. The van der Waals surface area contributed by atoms with Gasteiger partial charge in [0.05, 0.1) is 40.7 Å². The Morgan fingerprint density at radius 1 is 1.13 bits per heavy atom. The normalized spacial score (nSPS) is 24.1. The summed E-state index contributed by atoms with van der Waals surface area (Å²) >= 11 is 6.38. The smallest absolute Gasteiger partial charge is 0.382 e. The standard InChI is InChI=1S/C28H35ClN6O4/c1-16-3-5-17(6-4-16)15-35-24-21(32-27(35)25(18-7-8-18)38-10-9-37-2)12-22(26-33-28(36)39-34-26)31-23(24)19-11-20(29)14-30-13-19/h11-14,16-18,25-26,34H,3-10,15H2,1-2H3,(H,33,36). The quantitative estimate of drug-likeness (QED) is 0.323. The topological polar surface area (TPSA) is 112 Å². The first-order chi connectivity index (χ1) is 19.0. The summed E-state index contributed by atoms with van der Waals surface area (Å²) in [6.07, 6.45) is 9.19. The van der Waals surface area contributed by atoms with Gasteiger partial charge in [0.15, 0.2) is 6.17 Å². The number of nitrogens with zero attached hydrogens (tertiary/aromatic N) is 4. The number of fused-ring (bicyclic) bond motifs is 1. The molecule has 3 aliphatic rings. The molecular weight excluding hydrogens is 520 g/mol. The Hall–Kier alpha value is -2.79. The second kappa shape index (κ2) is 11.4. The van der Waals surface area contributed by atoms with Crippen molar-refractivity contribution in [3.63, 3.8) is 0 Å². The molecule has 0 bridgehead atoms. The fourth-order valence-corrected chi connectivity index (χ4v) is 5.93. The van der Waals surface area contributed by atoms with Gasteiger partial charge >= 0.3 is 6.09 Å². The molecule has 11 heteroatoms. The van der Waals surface area contributed by atoms with Crippen molar-refractivity contribution < 1.29 is 19.1 Å². The molecular formula is C28H35ClN6O4. The Morgan fingerprint density at radius 2 is 1.95 bits per heavy atom. The van der Waals surface area contributed by atoms with Gasteiger partial charge in [0.25, 0.3) is 0 Å². The van der Waals surface area contributed by atoms with Crippen LogP contribution < -0.4 is 10.8 Å². The predicted octanol–water partition coefficient (Wildman–Crippen LogP) is 5.33. The molecule has 0 spiro atoms. The Bertz CT molecular complexity index is 1340. The zero-order valence-electron chi connectivity index (χ0n) is 22.4. The van der Waals surface area contributed by atoms with Crippen molar-refractivity contribution in [1.82, 2.24) is 30.3 Å². The number of amides is 1. The number of methoxy groups -OCH3 is 1. The van der Waals surface area contributed by atoms with Crippen LogP contribution in [-0.4, -0.2) is 45.9 Å². The maximum atomic E-state index is 11.8. The number of hydrogen-bond acceptors (Lipinski definition) is 8. The lowest BCUT2D eigenvalue weighted by Crippen LogP contribution is -2.24.